The zero-order chi connectivity index (χ0) is 21.1. The third kappa shape index (κ3) is 5.08. The number of nitrogens with one attached hydrogen (secondary N) is 1. The molecule has 152 valence electrons. The minimum absolute atomic E-state index is 0.0943. The van der Waals surface area contributed by atoms with E-state index in [0.717, 1.165) is 30.3 Å². The second-order valence-electron chi connectivity index (χ2n) is 6.14. The molecule has 0 saturated heterocycles. The van der Waals surface area contributed by atoms with Crippen LogP contribution in [0.4, 0.5) is 23.2 Å². The Bertz CT molecular complexity index is 950. The number of sulfone groups is 1. The lowest BCUT2D eigenvalue weighted by Gasteiger charge is -2.25. The third-order valence-corrected chi connectivity index (χ3v) is 5.56. The van der Waals surface area contributed by atoms with Crippen LogP contribution in [0, 0.1) is 11.6 Å². The van der Waals surface area contributed by atoms with Crippen LogP contribution < -0.4 is 5.32 Å². The maximum Gasteiger partial charge on any atom is 0.341 e. The maximum atomic E-state index is 13.9. The second-order valence-corrected chi connectivity index (χ2v) is 8.05. The van der Waals surface area contributed by atoms with E-state index < -0.39 is 44.1 Å². The van der Waals surface area contributed by atoms with Crippen LogP contribution in [0.25, 0.3) is 0 Å². The van der Waals surface area contributed by atoms with Crippen molar-refractivity contribution in [3.63, 3.8) is 0 Å². The van der Waals surface area contributed by atoms with E-state index in [0.29, 0.717) is 0 Å². The normalized spacial score (nSPS) is 13.0. The minimum Gasteiger partial charge on any atom is -0.325 e. The Morgan fingerprint density at radius 2 is 1.71 bits per heavy atom. The van der Waals surface area contributed by atoms with Crippen LogP contribution in [0.5, 0.6) is 0 Å². The number of carbonyl (C=O) groups is 1. The molecule has 0 aliphatic carbocycles. The summed E-state index contributed by atoms with van der Waals surface area (Å²) in [5.41, 5.74) is 0.299. The Hall–Kier alpha value is -2.46. The Morgan fingerprint density at radius 3 is 2.29 bits per heavy atom. The van der Waals surface area contributed by atoms with Crippen molar-refractivity contribution in [3.8, 4) is 0 Å². The smallest absolute Gasteiger partial charge is 0.325 e. The summed E-state index contributed by atoms with van der Waals surface area (Å²) in [6.07, 6.45) is 0. The van der Waals surface area contributed by atoms with Crippen LogP contribution >= 0.6 is 0 Å². The summed E-state index contributed by atoms with van der Waals surface area (Å²) in [5, 5.41) is 2.48. The predicted octanol–water partition coefficient (Wildman–Crippen LogP) is 3.59. The molecular formula is C18H18F4N2O3S. The molecule has 0 aliphatic heterocycles. The summed E-state index contributed by atoms with van der Waals surface area (Å²) >= 11 is 0. The summed E-state index contributed by atoms with van der Waals surface area (Å²) in [5.74, 6) is -5.24. The topological polar surface area (TPSA) is 66.5 Å². The van der Waals surface area contributed by atoms with Crippen LogP contribution in [0.3, 0.4) is 0 Å². The number of carbonyl (C=O) groups excluding carboxylic acids is 1. The van der Waals surface area contributed by atoms with Crippen molar-refractivity contribution in [2.45, 2.75) is 23.6 Å². The van der Waals surface area contributed by atoms with Gasteiger partial charge in [0.15, 0.2) is 0 Å². The molecule has 1 amide bonds. The van der Waals surface area contributed by atoms with Crippen LogP contribution in [-0.4, -0.2) is 38.6 Å². The van der Waals surface area contributed by atoms with E-state index in [1.807, 2.05) is 0 Å². The monoisotopic (exact) mass is 418 g/mol. The van der Waals surface area contributed by atoms with E-state index in [1.54, 1.807) is 14.0 Å². The lowest BCUT2D eigenvalue weighted by molar-refractivity contribution is -0.117. The Kier molecular flexibility index (Phi) is 6.78. The zero-order valence-corrected chi connectivity index (χ0v) is 15.8. The highest BCUT2D eigenvalue weighted by molar-refractivity contribution is 7.91. The molecule has 2 aromatic rings. The fourth-order valence-corrected chi connectivity index (χ4v) is 3.19. The first-order valence-corrected chi connectivity index (χ1v) is 9.64. The standard InChI is InChI=1S/C18H18F4N2O3S/c1-11(15-9-12(19)3-8-16(15)20)24(2)10-17(25)23-13-4-6-14(7-5-13)28(26,27)18(21)22/h3-9,11,18H,10H2,1-2H3,(H,23,25). The van der Waals surface area contributed by atoms with Crippen molar-refractivity contribution >= 4 is 21.4 Å². The van der Waals surface area contributed by atoms with Gasteiger partial charge in [-0.15, -0.1) is 0 Å². The highest BCUT2D eigenvalue weighted by atomic mass is 32.2. The molecular weight excluding hydrogens is 400 g/mol. The highest BCUT2D eigenvalue weighted by Gasteiger charge is 2.26. The molecule has 10 heteroatoms. The van der Waals surface area contributed by atoms with Crippen LogP contribution in [0.2, 0.25) is 0 Å². The molecule has 0 bridgehead atoms. The molecule has 0 radical (unpaired) electrons. The molecule has 2 aromatic carbocycles. The number of alkyl halides is 2. The summed E-state index contributed by atoms with van der Waals surface area (Å²) in [6, 6.07) is 6.75. The van der Waals surface area contributed by atoms with Gasteiger partial charge in [-0.05, 0) is 56.4 Å². The van der Waals surface area contributed by atoms with Crippen molar-refractivity contribution in [3.05, 3.63) is 59.7 Å². The van der Waals surface area contributed by atoms with Gasteiger partial charge in [-0.3, -0.25) is 9.69 Å². The van der Waals surface area contributed by atoms with E-state index in [2.05, 4.69) is 5.32 Å². The average Bonchev–Trinajstić information content (AvgIpc) is 2.63. The number of rotatable bonds is 7. The van der Waals surface area contributed by atoms with Gasteiger partial charge in [0.25, 0.3) is 0 Å². The maximum absolute atomic E-state index is 13.9. The molecule has 0 aliphatic rings. The largest absolute Gasteiger partial charge is 0.341 e. The van der Waals surface area contributed by atoms with Crippen molar-refractivity contribution < 1.29 is 30.8 Å². The summed E-state index contributed by atoms with van der Waals surface area (Å²) < 4.78 is 74.9. The summed E-state index contributed by atoms with van der Waals surface area (Å²) in [4.78, 5) is 13.1. The Labute approximate surface area is 159 Å². The summed E-state index contributed by atoms with van der Waals surface area (Å²) in [6.45, 7) is 1.43. The fourth-order valence-electron chi connectivity index (χ4n) is 2.47. The molecule has 28 heavy (non-hydrogen) atoms. The lowest BCUT2D eigenvalue weighted by Crippen LogP contribution is -2.32. The van der Waals surface area contributed by atoms with E-state index >= 15 is 0 Å². The molecule has 0 fully saturated rings. The molecule has 1 N–H and O–H groups in total. The highest BCUT2D eigenvalue weighted by Crippen LogP contribution is 2.23. The van der Waals surface area contributed by atoms with Gasteiger partial charge in [-0.25, -0.2) is 17.2 Å². The SMILES string of the molecule is CC(c1cc(F)ccc1F)N(C)CC(=O)Nc1ccc(S(=O)(=O)C(F)F)cc1. The van der Waals surface area contributed by atoms with Crippen LogP contribution in [0.1, 0.15) is 18.5 Å². The zero-order valence-electron chi connectivity index (χ0n) is 15.0. The molecule has 1 unspecified atom stereocenters. The van der Waals surface area contributed by atoms with Crippen molar-refractivity contribution in [1.29, 1.82) is 0 Å². The first-order valence-electron chi connectivity index (χ1n) is 8.09. The number of likely N-dealkylation sites (N-methyl/N-ethyl adjacent to an activating group) is 1. The molecule has 2 rings (SSSR count). The van der Waals surface area contributed by atoms with Crippen molar-refractivity contribution in [2.75, 3.05) is 18.9 Å². The van der Waals surface area contributed by atoms with Crippen LogP contribution in [0.15, 0.2) is 47.4 Å². The van der Waals surface area contributed by atoms with E-state index in [9.17, 15) is 30.8 Å². The summed E-state index contributed by atoms with van der Waals surface area (Å²) in [7, 11) is -3.16. The average molecular weight is 418 g/mol. The molecule has 0 spiro atoms. The number of benzene rings is 2. The molecule has 0 saturated carbocycles. The number of hydrogen-bond acceptors (Lipinski definition) is 4. The molecule has 1 atom stereocenters. The van der Waals surface area contributed by atoms with Gasteiger partial charge >= 0.3 is 5.76 Å². The van der Waals surface area contributed by atoms with E-state index in [4.69, 9.17) is 0 Å². The predicted molar refractivity (Wildman–Crippen MR) is 95.7 cm³/mol. The first-order chi connectivity index (χ1) is 13.0. The number of nitrogens with zero attached hydrogens (tertiary/aromatic N) is 1. The van der Waals surface area contributed by atoms with Gasteiger partial charge < -0.3 is 5.32 Å². The Balaban J connectivity index is 2.02. The second kappa shape index (κ2) is 8.70. The van der Waals surface area contributed by atoms with Crippen molar-refractivity contribution in [2.24, 2.45) is 0 Å². The van der Waals surface area contributed by atoms with Crippen LogP contribution in [-0.2, 0) is 14.6 Å². The van der Waals surface area contributed by atoms with Crippen molar-refractivity contribution in [1.82, 2.24) is 4.90 Å². The van der Waals surface area contributed by atoms with Gasteiger partial charge in [-0.1, -0.05) is 0 Å². The number of anilines is 1. The van der Waals surface area contributed by atoms with Gasteiger partial charge in [0.2, 0.25) is 15.7 Å². The number of amides is 1. The first kappa shape index (κ1) is 21.8. The third-order valence-electron chi connectivity index (χ3n) is 4.16. The lowest BCUT2D eigenvalue weighted by atomic mass is 10.1. The molecule has 5 nitrogen and oxygen atoms in total. The van der Waals surface area contributed by atoms with Gasteiger partial charge in [-0.2, -0.15) is 8.78 Å². The minimum atomic E-state index is -4.71. The number of hydrogen-bond donors (Lipinski definition) is 1. The number of halogens is 4. The van der Waals surface area contributed by atoms with E-state index in [-0.39, 0.29) is 17.8 Å². The molecule has 0 aromatic heterocycles. The van der Waals surface area contributed by atoms with Gasteiger partial charge in [0, 0.05) is 17.3 Å². The van der Waals surface area contributed by atoms with Gasteiger partial charge in [0.05, 0.1) is 11.4 Å². The quantitative estimate of drug-likeness (QED) is 0.698. The Morgan fingerprint density at radius 1 is 1.11 bits per heavy atom. The van der Waals surface area contributed by atoms with Gasteiger partial charge in [0.1, 0.15) is 11.6 Å². The molecule has 0 heterocycles. The fraction of sp³-hybridized carbons (Fsp3) is 0.278. The van der Waals surface area contributed by atoms with E-state index in [1.165, 1.54) is 17.0 Å².